The van der Waals surface area contributed by atoms with Crippen molar-refractivity contribution in [3.63, 3.8) is 0 Å². The van der Waals surface area contributed by atoms with E-state index in [0.717, 1.165) is 37.2 Å². The number of piperidine rings is 1. The van der Waals surface area contributed by atoms with Crippen LogP contribution in [0, 0.1) is 17.8 Å². The Bertz CT molecular complexity index is 448. The van der Waals surface area contributed by atoms with Crippen molar-refractivity contribution in [2.45, 2.75) is 38.2 Å². The zero-order chi connectivity index (χ0) is 14.9. The highest BCUT2D eigenvalue weighted by molar-refractivity contribution is 7.88. The summed E-state index contributed by atoms with van der Waals surface area (Å²) in [5.74, 6) is 2.73. The van der Waals surface area contributed by atoms with Crippen molar-refractivity contribution in [1.29, 1.82) is 0 Å². The maximum atomic E-state index is 11.5. The number of sulfonamides is 1. The Kier molecular flexibility index (Phi) is 4.88. The van der Waals surface area contributed by atoms with Crippen LogP contribution in [-0.2, 0) is 14.8 Å². The third kappa shape index (κ3) is 4.18. The summed E-state index contributed by atoms with van der Waals surface area (Å²) in [7, 11) is -3.04. The van der Waals surface area contributed by atoms with E-state index >= 15 is 0 Å². The summed E-state index contributed by atoms with van der Waals surface area (Å²) in [5, 5.41) is 3.43. The van der Waals surface area contributed by atoms with Crippen molar-refractivity contribution >= 4 is 10.0 Å². The van der Waals surface area contributed by atoms with Gasteiger partial charge in [-0.25, -0.2) is 8.42 Å². The Morgan fingerprint density at radius 1 is 1.24 bits per heavy atom. The number of hydrogen-bond donors (Lipinski definition) is 1. The third-order valence-corrected chi connectivity index (χ3v) is 6.66. The van der Waals surface area contributed by atoms with E-state index in [1.54, 1.807) is 0 Å². The summed E-state index contributed by atoms with van der Waals surface area (Å²) in [6.45, 7) is 4.34. The highest BCUT2D eigenvalue weighted by Crippen LogP contribution is 2.49. The molecule has 0 amide bonds. The van der Waals surface area contributed by atoms with Gasteiger partial charge in [0.25, 0.3) is 0 Å². The van der Waals surface area contributed by atoms with E-state index in [-0.39, 0.29) is 6.10 Å². The van der Waals surface area contributed by atoms with Crippen LogP contribution in [0.5, 0.6) is 0 Å². The van der Waals surface area contributed by atoms with Gasteiger partial charge in [-0.05, 0) is 62.9 Å². The summed E-state index contributed by atoms with van der Waals surface area (Å²) in [6, 6.07) is 0. The smallest absolute Gasteiger partial charge is 0.211 e. The Balaban J connectivity index is 1.31. The van der Waals surface area contributed by atoms with Crippen molar-refractivity contribution in [3.8, 4) is 0 Å². The lowest BCUT2D eigenvalue weighted by molar-refractivity contribution is 0.0581. The van der Waals surface area contributed by atoms with Crippen molar-refractivity contribution in [3.05, 3.63) is 0 Å². The van der Waals surface area contributed by atoms with E-state index in [4.69, 9.17) is 4.74 Å². The summed E-state index contributed by atoms with van der Waals surface area (Å²) in [5.41, 5.74) is 0. The highest BCUT2D eigenvalue weighted by Gasteiger charge is 2.42. The molecule has 3 fully saturated rings. The topological polar surface area (TPSA) is 58.6 Å². The van der Waals surface area contributed by atoms with Gasteiger partial charge in [0.1, 0.15) is 0 Å². The lowest BCUT2D eigenvalue weighted by Crippen LogP contribution is -2.29. The summed E-state index contributed by atoms with van der Waals surface area (Å²) in [4.78, 5) is 0. The fourth-order valence-corrected chi connectivity index (χ4v) is 4.85. The molecule has 0 radical (unpaired) electrons. The van der Waals surface area contributed by atoms with Crippen LogP contribution in [0.2, 0.25) is 0 Å². The van der Waals surface area contributed by atoms with Crippen molar-refractivity contribution in [2.75, 3.05) is 39.0 Å². The van der Waals surface area contributed by atoms with E-state index in [0.29, 0.717) is 13.1 Å². The summed E-state index contributed by atoms with van der Waals surface area (Å²) in [6.07, 6.45) is 7.45. The quantitative estimate of drug-likeness (QED) is 0.796. The maximum Gasteiger partial charge on any atom is 0.211 e. The van der Waals surface area contributed by atoms with Gasteiger partial charge in [-0.3, -0.25) is 0 Å². The molecule has 21 heavy (non-hydrogen) atoms. The van der Waals surface area contributed by atoms with Gasteiger partial charge in [-0.2, -0.15) is 4.31 Å². The summed E-state index contributed by atoms with van der Waals surface area (Å²) < 4.78 is 30.3. The molecule has 0 aromatic rings. The first kappa shape index (κ1) is 15.7. The molecule has 6 heteroatoms. The molecule has 2 aliphatic heterocycles. The van der Waals surface area contributed by atoms with Gasteiger partial charge in [-0.15, -0.1) is 0 Å². The minimum Gasteiger partial charge on any atom is -0.377 e. The maximum absolute atomic E-state index is 11.5. The van der Waals surface area contributed by atoms with Gasteiger partial charge in [0.05, 0.1) is 12.4 Å². The SMILES string of the molecule is CS(=O)(=O)N1CCC(OCC[C@@H]2C[C@@H]2C2CCNCC2)C1. The zero-order valence-corrected chi connectivity index (χ0v) is 13.8. The fraction of sp³-hybridized carbons (Fsp3) is 1.00. The van der Waals surface area contributed by atoms with Crippen LogP contribution in [0.3, 0.4) is 0 Å². The van der Waals surface area contributed by atoms with Crippen LogP contribution in [0.1, 0.15) is 32.1 Å². The number of rotatable bonds is 6. The van der Waals surface area contributed by atoms with E-state index in [1.807, 2.05) is 0 Å². The monoisotopic (exact) mass is 316 g/mol. The van der Waals surface area contributed by atoms with Gasteiger partial charge in [0, 0.05) is 19.7 Å². The molecule has 3 rings (SSSR count). The number of hydrogen-bond acceptors (Lipinski definition) is 4. The van der Waals surface area contributed by atoms with E-state index in [1.165, 1.54) is 42.9 Å². The van der Waals surface area contributed by atoms with Crippen LogP contribution in [0.4, 0.5) is 0 Å². The third-order valence-electron chi connectivity index (χ3n) is 5.39. The van der Waals surface area contributed by atoms with E-state index in [9.17, 15) is 8.42 Å². The van der Waals surface area contributed by atoms with Gasteiger partial charge in [0.2, 0.25) is 10.0 Å². The molecule has 0 spiro atoms. The first-order valence-corrected chi connectivity index (χ1v) is 10.2. The molecule has 1 unspecified atom stereocenters. The molecule has 5 nitrogen and oxygen atoms in total. The minimum absolute atomic E-state index is 0.107. The predicted octanol–water partition coefficient (Wildman–Crippen LogP) is 1.06. The zero-order valence-electron chi connectivity index (χ0n) is 13.0. The predicted molar refractivity (Wildman–Crippen MR) is 82.6 cm³/mol. The normalized spacial score (nSPS) is 35.2. The molecular weight excluding hydrogens is 288 g/mol. The number of ether oxygens (including phenoxy) is 1. The second kappa shape index (κ2) is 6.52. The molecule has 1 N–H and O–H groups in total. The van der Waals surface area contributed by atoms with Gasteiger partial charge >= 0.3 is 0 Å². The lowest BCUT2D eigenvalue weighted by Gasteiger charge is -2.22. The van der Waals surface area contributed by atoms with Gasteiger partial charge in [0.15, 0.2) is 0 Å². The number of nitrogens with one attached hydrogen (secondary N) is 1. The van der Waals surface area contributed by atoms with Gasteiger partial charge in [-0.1, -0.05) is 0 Å². The molecule has 0 bridgehead atoms. The van der Waals surface area contributed by atoms with Crippen LogP contribution in [0.15, 0.2) is 0 Å². The van der Waals surface area contributed by atoms with E-state index in [2.05, 4.69) is 5.32 Å². The number of nitrogens with zero attached hydrogens (tertiary/aromatic N) is 1. The summed E-state index contributed by atoms with van der Waals surface area (Å²) >= 11 is 0. The molecule has 3 atom stereocenters. The standard InChI is InChI=1S/C15H28N2O3S/c1-21(18,19)17-8-4-14(11-17)20-9-5-13-10-15(13)12-2-6-16-7-3-12/h12-16H,2-11H2,1H3/t13-,14?,15-/m1/s1. The molecule has 2 heterocycles. The van der Waals surface area contributed by atoms with Crippen LogP contribution in [0.25, 0.3) is 0 Å². The Hall–Kier alpha value is -0.170. The average molecular weight is 316 g/mol. The second-order valence-electron chi connectivity index (χ2n) is 6.94. The highest BCUT2D eigenvalue weighted by atomic mass is 32.2. The molecule has 3 aliphatic rings. The molecular formula is C15H28N2O3S. The lowest BCUT2D eigenvalue weighted by atomic mass is 9.91. The fourth-order valence-electron chi connectivity index (χ4n) is 3.97. The van der Waals surface area contributed by atoms with Crippen molar-refractivity contribution < 1.29 is 13.2 Å². The van der Waals surface area contributed by atoms with Crippen LogP contribution in [-0.4, -0.2) is 57.9 Å². The van der Waals surface area contributed by atoms with Crippen LogP contribution >= 0.6 is 0 Å². The molecule has 0 aromatic heterocycles. The first-order valence-electron chi connectivity index (χ1n) is 8.31. The van der Waals surface area contributed by atoms with E-state index < -0.39 is 10.0 Å². The largest absolute Gasteiger partial charge is 0.377 e. The Labute approximate surface area is 128 Å². The van der Waals surface area contributed by atoms with Crippen molar-refractivity contribution in [1.82, 2.24) is 9.62 Å². The molecule has 1 saturated carbocycles. The van der Waals surface area contributed by atoms with Crippen LogP contribution < -0.4 is 5.32 Å². The first-order chi connectivity index (χ1) is 10.0. The average Bonchev–Trinajstić information content (AvgIpc) is 3.05. The Morgan fingerprint density at radius 3 is 2.67 bits per heavy atom. The molecule has 2 saturated heterocycles. The molecule has 1 aliphatic carbocycles. The Morgan fingerprint density at radius 2 is 2.00 bits per heavy atom. The molecule has 0 aromatic carbocycles. The molecule has 122 valence electrons. The second-order valence-corrected chi connectivity index (χ2v) is 8.92. The minimum atomic E-state index is -3.04. The van der Waals surface area contributed by atoms with Gasteiger partial charge < -0.3 is 10.1 Å². The van der Waals surface area contributed by atoms with Crippen molar-refractivity contribution in [2.24, 2.45) is 17.8 Å².